The maximum absolute atomic E-state index is 4.67. The average molecular weight is 165 g/mol. The van der Waals surface area contributed by atoms with Gasteiger partial charge in [0.15, 0.2) is 0 Å². The Morgan fingerprint density at radius 1 is 2.00 bits per heavy atom. The zero-order chi connectivity index (χ0) is 3.41. The van der Waals surface area contributed by atoms with Crippen LogP contribution in [0.4, 0.5) is 0 Å². The molecule has 0 heterocycles. The van der Waals surface area contributed by atoms with E-state index in [1.165, 1.54) is 0 Å². The minimum atomic E-state index is 1.11. The van der Waals surface area contributed by atoms with Crippen molar-refractivity contribution in [2.24, 2.45) is 0 Å². The molecule has 0 saturated carbocycles. The van der Waals surface area contributed by atoms with Gasteiger partial charge in [-0.15, -0.1) is 0 Å². The van der Waals surface area contributed by atoms with Gasteiger partial charge in [0.05, 0.1) is 0 Å². The van der Waals surface area contributed by atoms with Crippen molar-refractivity contribution in [3.05, 3.63) is 0 Å². The van der Waals surface area contributed by atoms with Crippen LogP contribution >= 0.6 is 23.0 Å². The molecule has 19 valence electrons. The quantitative estimate of drug-likeness (QED) is 0.393. The van der Waals surface area contributed by atoms with Gasteiger partial charge in [-0.3, -0.25) is 0 Å². The van der Waals surface area contributed by atoms with Crippen LogP contribution in [0.5, 0.6) is 0 Å². The summed E-state index contributed by atoms with van der Waals surface area (Å²) in [6.07, 6.45) is 0. The summed E-state index contributed by atoms with van der Waals surface area (Å²) in [4.78, 5) is 0. The fourth-order valence-electron chi connectivity index (χ4n) is 0. The van der Waals surface area contributed by atoms with Crippen molar-refractivity contribution in [2.75, 3.05) is 0 Å². The van der Waals surface area contributed by atoms with E-state index in [9.17, 15) is 0 Å². The van der Waals surface area contributed by atoms with Crippen LogP contribution in [0.1, 0.15) is 0 Å². The molecule has 0 amide bonds. The van der Waals surface area contributed by atoms with E-state index in [2.05, 4.69) is 10.4 Å². The van der Waals surface area contributed by atoms with Crippen molar-refractivity contribution < 1.29 is 2.98 Å². The third kappa shape index (κ3) is 2.66. The van der Waals surface area contributed by atoms with Crippen molar-refractivity contribution >= 4 is 37.4 Å². The number of hydrogen-bond acceptors (Lipinski definition) is 1. The molecule has 0 aliphatic heterocycles. The third-order valence-electron chi connectivity index (χ3n) is 0.0514. The van der Waals surface area contributed by atoms with Crippen molar-refractivity contribution in [2.45, 2.75) is 0 Å². The molecular formula is B2IO. The van der Waals surface area contributed by atoms with Crippen LogP contribution in [-0.4, -0.2) is 14.4 Å². The Balaban J connectivity index is 2.30. The topological polar surface area (TPSA) is 9.23 Å². The molecule has 1 nitrogen and oxygen atoms in total. The summed E-state index contributed by atoms with van der Waals surface area (Å²) < 4.78 is 4.16. The van der Waals surface area contributed by atoms with E-state index in [0.29, 0.717) is 0 Å². The first-order chi connectivity index (χ1) is 1.91. The fraction of sp³-hybridized carbons (Fsp3) is 0. The Morgan fingerprint density at radius 2 is 2.25 bits per heavy atom. The summed E-state index contributed by atoms with van der Waals surface area (Å²) in [6, 6.07) is 0. The molecule has 0 atom stereocenters. The van der Waals surface area contributed by atoms with Gasteiger partial charge in [0.2, 0.25) is 0 Å². The summed E-state index contributed by atoms with van der Waals surface area (Å²) in [5.74, 6) is 0. The molecule has 0 saturated heterocycles. The normalized spacial score (nSPS) is 4.00. The predicted molar refractivity (Wildman–Crippen MR) is 26.6 cm³/mol. The molecule has 0 rings (SSSR count). The van der Waals surface area contributed by atoms with E-state index in [0.717, 1.165) is 7.00 Å². The van der Waals surface area contributed by atoms with Gasteiger partial charge < -0.3 is 0 Å². The molecule has 0 aliphatic carbocycles. The van der Waals surface area contributed by atoms with E-state index >= 15 is 0 Å². The molecule has 0 N–H and O–H groups in total. The first kappa shape index (κ1) is 4.66. The van der Waals surface area contributed by atoms with Crippen molar-refractivity contribution in [1.82, 2.24) is 0 Å². The van der Waals surface area contributed by atoms with Crippen LogP contribution in [0.3, 0.4) is 0 Å². The van der Waals surface area contributed by atoms with Crippen LogP contribution in [0.2, 0.25) is 0 Å². The Labute approximate surface area is 40.7 Å². The first-order valence-corrected chi connectivity index (χ1v) is 1.60. The molecule has 0 spiro atoms. The Kier molecular flexibility index (Phi) is 4.26. The Bertz CT molecular complexity index is 20.0. The molecule has 0 aromatic heterocycles. The first-order valence-electron chi connectivity index (χ1n) is 0.723. The second-order valence-corrected chi connectivity index (χ2v) is 0.734. The molecule has 4 heteroatoms. The van der Waals surface area contributed by atoms with Gasteiger partial charge in [0, 0.05) is 0 Å². The zero-order valence-electron chi connectivity index (χ0n) is 1.94. The molecular weight excluding hydrogens is 165 g/mol. The summed E-state index contributed by atoms with van der Waals surface area (Å²) in [5, 5.41) is 0. The SMILES string of the molecule is [B]=BOI. The zero-order valence-corrected chi connectivity index (χ0v) is 4.10. The van der Waals surface area contributed by atoms with E-state index in [1.807, 2.05) is 0 Å². The number of hydrogen-bond donors (Lipinski definition) is 0. The molecule has 1 radical (unpaired) electrons. The molecule has 0 bridgehead atoms. The van der Waals surface area contributed by atoms with Gasteiger partial charge in [0.1, 0.15) is 0 Å². The maximum atomic E-state index is 4.67. The monoisotopic (exact) mass is 165 g/mol. The van der Waals surface area contributed by atoms with Crippen LogP contribution in [0.25, 0.3) is 0 Å². The van der Waals surface area contributed by atoms with Crippen molar-refractivity contribution in [3.63, 3.8) is 0 Å². The van der Waals surface area contributed by atoms with Crippen LogP contribution in [0, 0.1) is 0 Å². The average Bonchev–Trinajstić information content (AvgIpc) is 1.37. The van der Waals surface area contributed by atoms with Gasteiger partial charge in [-0.25, -0.2) is 0 Å². The molecule has 0 aromatic carbocycles. The van der Waals surface area contributed by atoms with Gasteiger partial charge in [0.25, 0.3) is 0 Å². The minimum absolute atomic E-state index is 1.11. The van der Waals surface area contributed by atoms with E-state index in [1.54, 1.807) is 23.0 Å². The van der Waals surface area contributed by atoms with E-state index < -0.39 is 0 Å². The second kappa shape index (κ2) is 3.66. The van der Waals surface area contributed by atoms with Crippen LogP contribution in [0.15, 0.2) is 0 Å². The van der Waals surface area contributed by atoms with Gasteiger partial charge >= 0.3 is 40.4 Å². The molecule has 0 fully saturated rings. The van der Waals surface area contributed by atoms with E-state index in [4.69, 9.17) is 0 Å². The van der Waals surface area contributed by atoms with Crippen molar-refractivity contribution in [3.8, 4) is 0 Å². The van der Waals surface area contributed by atoms with E-state index in [-0.39, 0.29) is 0 Å². The van der Waals surface area contributed by atoms with Gasteiger partial charge in [-0.1, -0.05) is 0 Å². The molecule has 4 heavy (non-hydrogen) atoms. The van der Waals surface area contributed by atoms with Crippen LogP contribution in [-0.2, 0) is 2.98 Å². The van der Waals surface area contributed by atoms with Gasteiger partial charge in [-0.2, -0.15) is 0 Å². The molecule has 0 unspecified atom stereocenters. The summed E-state index contributed by atoms with van der Waals surface area (Å²) in [6.45, 7) is 0. The third-order valence-corrected chi connectivity index (χ3v) is 0.345. The van der Waals surface area contributed by atoms with Gasteiger partial charge in [-0.05, 0) is 0 Å². The second-order valence-electron chi connectivity index (χ2n) is 0.225. The number of rotatable bonds is 1. The Morgan fingerprint density at radius 3 is 2.25 bits per heavy atom. The molecule has 0 aromatic rings. The summed E-state index contributed by atoms with van der Waals surface area (Å²) in [7, 11) is 5.78. The van der Waals surface area contributed by atoms with Crippen molar-refractivity contribution in [1.29, 1.82) is 0 Å². The van der Waals surface area contributed by atoms with Crippen LogP contribution < -0.4 is 0 Å². The predicted octanol–water partition coefficient (Wildman–Crippen LogP) is 0.0557. The number of halogens is 1. The molecule has 0 aliphatic rings. The summed E-state index contributed by atoms with van der Waals surface area (Å²) >= 11 is 1.67. The fourth-order valence-corrected chi connectivity index (χ4v) is 0. The Hall–Kier alpha value is 0.660. The summed E-state index contributed by atoms with van der Waals surface area (Å²) in [5.41, 5.74) is 0. The standard InChI is InChI=1S/B2IO/c1-2-4-3.